The van der Waals surface area contributed by atoms with E-state index in [0.717, 1.165) is 5.56 Å². The van der Waals surface area contributed by atoms with Gasteiger partial charge in [0.1, 0.15) is 6.04 Å². The van der Waals surface area contributed by atoms with E-state index in [1.54, 1.807) is 18.5 Å². The van der Waals surface area contributed by atoms with Crippen molar-refractivity contribution in [3.63, 3.8) is 0 Å². The Balaban J connectivity index is 2.03. The molecule has 1 aliphatic heterocycles. The van der Waals surface area contributed by atoms with E-state index < -0.39 is 12.0 Å². The van der Waals surface area contributed by atoms with Crippen LogP contribution >= 0.6 is 0 Å². The first-order valence-electron chi connectivity index (χ1n) is 6.70. The number of rotatable bonds is 3. The van der Waals surface area contributed by atoms with Crippen molar-refractivity contribution in [2.45, 2.75) is 32.4 Å². The number of nitrogens with one attached hydrogen (secondary N) is 1. The molecule has 3 unspecified atom stereocenters. The molecule has 6 heteroatoms. The lowest BCUT2D eigenvalue weighted by atomic mass is 10.0. The van der Waals surface area contributed by atoms with Gasteiger partial charge in [0.2, 0.25) is 0 Å². The molecular weight excluding hydrogens is 258 g/mol. The Hall–Kier alpha value is -2.11. The second-order valence-corrected chi connectivity index (χ2v) is 5.20. The molecule has 108 valence electrons. The van der Waals surface area contributed by atoms with Crippen LogP contribution in [0, 0.1) is 5.92 Å². The normalized spacial score (nSPS) is 23.4. The van der Waals surface area contributed by atoms with Crippen LogP contribution in [0.5, 0.6) is 0 Å². The lowest BCUT2D eigenvalue weighted by molar-refractivity contribution is -0.142. The number of hydrogen-bond donors (Lipinski definition) is 2. The lowest BCUT2D eigenvalue weighted by Gasteiger charge is -2.25. The van der Waals surface area contributed by atoms with Crippen LogP contribution in [0.15, 0.2) is 24.5 Å². The van der Waals surface area contributed by atoms with Crippen molar-refractivity contribution in [3.8, 4) is 0 Å². The van der Waals surface area contributed by atoms with Crippen LogP contribution in [-0.4, -0.2) is 39.6 Å². The standard InChI is InChI=1S/C14H19N3O3/c1-9-5-7-17(12(9)13(18)19)14(20)16-10(2)11-4-3-6-15-8-11/h3-4,6,8-10,12H,5,7H2,1-2H3,(H,16,20)(H,18,19). The SMILES string of the molecule is CC(NC(=O)N1CCC(C)C1C(=O)O)c1cccnc1. The maximum Gasteiger partial charge on any atom is 0.326 e. The molecule has 0 spiro atoms. The van der Waals surface area contributed by atoms with E-state index in [4.69, 9.17) is 0 Å². The van der Waals surface area contributed by atoms with Crippen LogP contribution in [0.3, 0.4) is 0 Å². The van der Waals surface area contributed by atoms with Crippen LogP contribution < -0.4 is 5.32 Å². The smallest absolute Gasteiger partial charge is 0.326 e. The fraction of sp³-hybridized carbons (Fsp3) is 0.500. The van der Waals surface area contributed by atoms with Crippen molar-refractivity contribution in [1.29, 1.82) is 0 Å². The number of pyridine rings is 1. The number of aliphatic carboxylic acids is 1. The summed E-state index contributed by atoms with van der Waals surface area (Å²) in [6.07, 6.45) is 4.07. The number of nitrogens with zero attached hydrogens (tertiary/aromatic N) is 2. The van der Waals surface area contributed by atoms with Crippen molar-refractivity contribution in [3.05, 3.63) is 30.1 Å². The number of carbonyl (C=O) groups is 2. The van der Waals surface area contributed by atoms with E-state index in [0.29, 0.717) is 13.0 Å². The summed E-state index contributed by atoms with van der Waals surface area (Å²) >= 11 is 0. The van der Waals surface area contributed by atoms with Crippen molar-refractivity contribution in [1.82, 2.24) is 15.2 Å². The summed E-state index contributed by atoms with van der Waals surface area (Å²) in [5, 5.41) is 12.0. The number of carboxylic acids is 1. The third-order valence-electron chi connectivity index (χ3n) is 3.74. The van der Waals surface area contributed by atoms with Gasteiger partial charge in [0.05, 0.1) is 6.04 Å². The highest BCUT2D eigenvalue weighted by molar-refractivity contribution is 5.83. The second kappa shape index (κ2) is 5.90. The number of hydrogen-bond acceptors (Lipinski definition) is 3. The van der Waals surface area contributed by atoms with Crippen molar-refractivity contribution in [2.24, 2.45) is 5.92 Å². The fourth-order valence-electron chi connectivity index (χ4n) is 2.54. The Bertz CT molecular complexity index is 492. The van der Waals surface area contributed by atoms with Gasteiger partial charge in [0.15, 0.2) is 0 Å². The Morgan fingerprint density at radius 1 is 1.55 bits per heavy atom. The highest BCUT2D eigenvalue weighted by Crippen LogP contribution is 2.24. The summed E-state index contributed by atoms with van der Waals surface area (Å²) in [5.74, 6) is -0.967. The minimum atomic E-state index is -0.945. The summed E-state index contributed by atoms with van der Waals surface area (Å²) < 4.78 is 0. The van der Waals surface area contributed by atoms with Gasteiger partial charge in [0, 0.05) is 18.9 Å². The predicted molar refractivity (Wildman–Crippen MR) is 73.1 cm³/mol. The molecule has 0 bridgehead atoms. The van der Waals surface area contributed by atoms with Crippen LogP contribution in [0.4, 0.5) is 4.79 Å². The molecular formula is C14H19N3O3. The molecule has 1 fully saturated rings. The van der Waals surface area contributed by atoms with Crippen molar-refractivity contribution in [2.75, 3.05) is 6.54 Å². The number of carbonyl (C=O) groups excluding carboxylic acids is 1. The van der Waals surface area contributed by atoms with E-state index in [2.05, 4.69) is 10.3 Å². The number of aromatic nitrogens is 1. The molecule has 2 N–H and O–H groups in total. The molecule has 2 heterocycles. The van der Waals surface area contributed by atoms with Gasteiger partial charge in [-0.05, 0) is 30.9 Å². The molecule has 0 radical (unpaired) electrons. The van der Waals surface area contributed by atoms with Gasteiger partial charge in [-0.2, -0.15) is 0 Å². The largest absolute Gasteiger partial charge is 0.480 e. The van der Waals surface area contributed by atoms with Gasteiger partial charge in [-0.15, -0.1) is 0 Å². The molecule has 3 atom stereocenters. The highest BCUT2D eigenvalue weighted by atomic mass is 16.4. The summed E-state index contributed by atoms with van der Waals surface area (Å²) in [4.78, 5) is 28.9. The van der Waals surface area contributed by atoms with E-state index in [9.17, 15) is 14.7 Å². The van der Waals surface area contributed by atoms with Gasteiger partial charge >= 0.3 is 12.0 Å². The number of amides is 2. The Morgan fingerprint density at radius 2 is 2.30 bits per heavy atom. The average Bonchev–Trinajstić information content (AvgIpc) is 2.81. The molecule has 20 heavy (non-hydrogen) atoms. The van der Waals surface area contributed by atoms with Crippen molar-refractivity contribution >= 4 is 12.0 Å². The Labute approximate surface area is 117 Å². The minimum absolute atomic E-state index is 0.0213. The molecule has 2 rings (SSSR count). The first kappa shape index (κ1) is 14.3. The third-order valence-corrected chi connectivity index (χ3v) is 3.74. The van der Waals surface area contributed by atoms with Crippen LogP contribution in [0.1, 0.15) is 31.9 Å². The molecule has 0 aliphatic carbocycles. The first-order valence-corrected chi connectivity index (χ1v) is 6.70. The molecule has 6 nitrogen and oxygen atoms in total. The molecule has 1 aromatic heterocycles. The van der Waals surface area contributed by atoms with Crippen molar-refractivity contribution < 1.29 is 14.7 Å². The number of likely N-dealkylation sites (tertiary alicyclic amines) is 1. The van der Waals surface area contributed by atoms with E-state index in [1.807, 2.05) is 19.9 Å². The van der Waals surface area contributed by atoms with Crippen LogP contribution in [0.2, 0.25) is 0 Å². The van der Waals surface area contributed by atoms with Crippen LogP contribution in [0.25, 0.3) is 0 Å². The second-order valence-electron chi connectivity index (χ2n) is 5.20. The highest BCUT2D eigenvalue weighted by Gasteiger charge is 2.39. The molecule has 0 saturated carbocycles. The van der Waals surface area contributed by atoms with E-state index in [-0.39, 0.29) is 18.0 Å². The minimum Gasteiger partial charge on any atom is -0.480 e. The van der Waals surface area contributed by atoms with Gasteiger partial charge in [-0.25, -0.2) is 9.59 Å². The zero-order valence-corrected chi connectivity index (χ0v) is 11.6. The average molecular weight is 277 g/mol. The van der Waals surface area contributed by atoms with E-state index >= 15 is 0 Å². The number of urea groups is 1. The van der Waals surface area contributed by atoms with Crippen LogP contribution in [-0.2, 0) is 4.79 Å². The molecule has 1 aliphatic rings. The quantitative estimate of drug-likeness (QED) is 0.880. The van der Waals surface area contributed by atoms with Gasteiger partial charge in [-0.1, -0.05) is 13.0 Å². The zero-order valence-electron chi connectivity index (χ0n) is 11.6. The van der Waals surface area contributed by atoms with Gasteiger partial charge in [-0.3, -0.25) is 4.98 Å². The Kier molecular flexibility index (Phi) is 4.22. The summed E-state index contributed by atoms with van der Waals surface area (Å²) in [7, 11) is 0. The molecule has 2 amide bonds. The van der Waals surface area contributed by atoms with Gasteiger partial charge < -0.3 is 15.3 Å². The molecule has 0 aromatic carbocycles. The maximum absolute atomic E-state index is 12.2. The number of carboxylic acid groups (broad SMARTS) is 1. The molecule has 1 aromatic rings. The monoisotopic (exact) mass is 277 g/mol. The van der Waals surface area contributed by atoms with Gasteiger partial charge in [0.25, 0.3) is 0 Å². The third kappa shape index (κ3) is 2.89. The Morgan fingerprint density at radius 3 is 2.90 bits per heavy atom. The first-order chi connectivity index (χ1) is 9.50. The summed E-state index contributed by atoms with van der Waals surface area (Å²) in [6, 6.07) is 2.39. The lowest BCUT2D eigenvalue weighted by Crippen LogP contribution is -2.48. The zero-order chi connectivity index (χ0) is 14.7. The fourth-order valence-corrected chi connectivity index (χ4v) is 2.54. The topological polar surface area (TPSA) is 82.5 Å². The predicted octanol–water partition coefficient (Wildman–Crippen LogP) is 1.65. The maximum atomic E-state index is 12.2. The van der Waals surface area contributed by atoms with E-state index in [1.165, 1.54) is 4.90 Å². The molecule has 1 saturated heterocycles. The summed E-state index contributed by atoms with van der Waals surface area (Å²) in [5.41, 5.74) is 0.889. The summed E-state index contributed by atoms with van der Waals surface area (Å²) in [6.45, 7) is 4.19.